The molecule has 0 aromatic rings. The van der Waals surface area contributed by atoms with E-state index in [1.165, 1.54) is 5.57 Å². The fourth-order valence-electron chi connectivity index (χ4n) is 1.54. The Morgan fingerprint density at radius 1 is 1.56 bits per heavy atom. The molecule has 1 aliphatic carbocycles. The first kappa shape index (κ1) is 6.81. The summed E-state index contributed by atoms with van der Waals surface area (Å²) in [5.74, 6) is 0.640. The molecule has 1 heteroatoms. The van der Waals surface area contributed by atoms with E-state index in [1.807, 2.05) is 0 Å². The molecule has 0 bridgehead atoms. The molecule has 1 N–H and O–H groups in total. The van der Waals surface area contributed by atoms with Crippen LogP contribution in [0.1, 0.15) is 26.2 Å². The smallest absolute Gasteiger partial charge is 0.0579 e. The molecule has 0 aromatic carbocycles. The monoisotopic (exact) mass is 126 g/mol. The highest BCUT2D eigenvalue weighted by Gasteiger charge is 2.18. The van der Waals surface area contributed by atoms with E-state index in [4.69, 9.17) is 0 Å². The van der Waals surface area contributed by atoms with Crippen molar-refractivity contribution in [2.75, 3.05) is 0 Å². The van der Waals surface area contributed by atoms with Gasteiger partial charge in [-0.15, -0.1) is 0 Å². The summed E-state index contributed by atoms with van der Waals surface area (Å²) in [5, 5.41) is 9.19. The van der Waals surface area contributed by atoms with Gasteiger partial charge in [-0.2, -0.15) is 0 Å². The van der Waals surface area contributed by atoms with E-state index in [0.29, 0.717) is 5.92 Å². The third-order valence-corrected chi connectivity index (χ3v) is 1.84. The van der Waals surface area contributed by atoms with Gasteiger partial charge in [0.05, 0.1) is 6.10 Å². The summed E-state index contributed by atoms with van der Waals surface area (Å²) in [4.78, 5) is 0. The number of hydrogen-bond donors (Lipinski definition) is 1. The van der Waals surface area contributed by atoms with Crippen LogP contribution in [0.15, 0.2) is 12.2 Å². The Hall–Kier alpha value is -0.300. The minimum Gasteiger partial charge on any atom is -0.393 e. The zero-order chi connectivity index (χ0) is 6.85. The summed E-state index contributed by atoms with van der Waals surface area (Å²) in [6, 6.07) is 0. The van der Waals surface area contributed by atoms with E-state index in [-0.39, 0.29) is 6.10 Å². The molecule has 1 nitrogen and oxygen atoms in total. The van der Waals surface area contributed by atoms with Gasteiger partial charge in [0.2, 0.25) is 0 Å². The third kappa shape index (κ3) is 1.83. The summed E-state index contributed by atoms with van der Waals surface area (Å²) >= 11 is 0. The van der Waals surface area contributed by atoms with Crippen LogP contribution < -0.4 is 0 Å². The lowest BCUT2D eigenvalue weighted by atomic mass is 9.86. The molecule has 0 amide bonds. The highest BCUT2D eigenvalue weighted by Crippen LogP contribution is 2.26. The second-order valence-electron chi connectivity index (χ2n) is 3.15. The second kappa shape index (κ2) is 2.53. The molecule has 0 aliphatic heterocycles. The third-order valence-electron chi connectivity index (χ3n) is 1.84. The van der Waals surface area contributed by atoms with Gasteiger partial charge in [0.1, 0.15) is 0 Å². The number of hydrogen-bond acceptors (Lipinski definition) is 1. The Labute approximate surface area is 56.4 Å². The van der Waals surface area contributed by atoms with Crippen LogP contribution in [0.2, 0.25) is 0 Å². The Bertz CT molecular complexity index is 106. The fourth-order valence-corrected chi connectivity index (χ4v) is 1.54. The highest BCUT2D eigenvalue weighted by molar-refractivity contribution is 5.01. The van der Waals surface area contributed by atoms with Crippen LogP contribution in [0.4, 0.5) is 0 Å². The van der Waals surface area contributed by atoms with Gasteiger partial charge < -0.3 is 5.11 Å². The molecule has 9 heavy (non-hydrogen) atoms. The summed E-state index contributed by atoms with van der Waals surface area (Å²) < 4.78 is 0. The maximum Gasteiger partial charge on any atom is 0.0579 e. The van der Waals surface area contributed by atoms with Crippen molar-refractivity contribution in [3.63, 3.8) is 0 Å². The molecule has 1 aliphatic rings. The molecule has 0 heterocycles. The lowest BCUT2D eigenvalue weighted by Crippen LogP contribution is -2.18. The molecule has 52 valence electrons. The number of rotatable bonds is 0. The molecule has 0 spiro atoms. The molecule has 0 aromatic heterocycles. The molecule has 2 unspecified atom stereocenters. The maximum absolute atomic E-state index is 9.19. The predicted molar refractivity (Wildman–Crippen MR) is 38.2 cm³/mol. The number of aliphatic hydroxyl groups excluding tert-OH is 1. The zero-order valence-electron chi connectivity index (χ0n) is 5.93. The molecule has 0 saturated heterocycles. The first-order chi connectivity index (χ1) is 4.18. The van der Waals surface area contributed by atoms with Gasteiger partial charge >= 0.3 is 0 Å². The second-order valence-corrected chi connectivity index (χ2v) is 3.15. The SMILES string of the molecule is C=C1CC(C)CC(O)C1. The molecular weight excluding hydrogens is 112 g/mol. The Morgan fingerprint density at radius 3 is 2.67 bits per heavy atom. The van der Waals surface area contributed by atoms with Crippen LogP contribution in [0.5, 0.6) is 0 Å². The van der Waals surface area contributed by atoms with E-state index >= 15 is 0 Å². The van der Waals surface area contributed by atoms with Gasteiger partial charge in [-0.25, -0.2) is 0 Å². The van der Waals surface area contributed by atoms with Gasteiger partial charge in [0.15, 0.2) is 0 Å². The molecule has 1 fully saturated rings. The van der Waals surface area contributed by atoms with Gasteiger partial charge in [-0.1, -0.05) is 19.1 Å². The van der Waals surface area contributed by atoms with E-state index in [9.17, 15) is 5.11 Å². The fraction of sp³-hybridized carbons (Fsp3) is 0.750. The standard InChI is InChI=1S/C8H14O/c1-6-3-7(2)5-8(9)4-6/h7-9H,1,3-5H2,2H3. The minimum atomic E-state index is -0.110. The largest absolute Gasteiger partial charge is 0.393 e. The van der Waals surface area contributed by atoms with Crippen molar-refractivity contribution in [2.24, 2.45) is 5.92 Å². The summed E-state index contributed by atoms with van der Waals surface area (Å²) in [7, 11) is 0. The van der Waals surface area contributed by atoms with Crippen molar-refractivity contribution in [1.29, 1.82) is 0 Å². The summed E-state index contributed by atoms with van der Waals surface area (Å²) in [5.41, 5.74) is 1.21. The molecule has 1 saturated carbocycles. The maximum atomic E-state index is 9.19. The average Bonchev–Trinajstić information content (AvgIpc) is 1.59. The molecule has 0 radical (unpaired) electrons. The van der Waals surface area contributed by atoms with Gasteiger partial charge in [0.25, 0.3) is 0 Å². The summed E-state index contributed by atoms with van der Waals surface area (Å²) in [6.07, 6.45) is 2.78. The van der Waals surface area contributed by atoms with Crippen molar-refractivity contribution >= 4 is 0 Å². The minimum absolute atomic E-state index is 0.110. The van der Waals surface area contributed by atoms with Gasteiger partial charge in [-0.05, 0) is 25.2 Å². The molecule has 1 rings (SSSR count). The molecule has 2 atom stereocenters. The van der Waals surface area contributed by atoms with Crippen LogP contribution >= 0.6 is 0 Å². The van der Waals surface area contributed by atoms with E-state index < -0.39 is 0 Å². The van der Waals surface area contributed by atoms with E-state index in [2.05, 4.69) is 13.5 Å². The van der Waals surface area contributed by atoms with Crippen molar-refractivity contribution in [2.45, 2.75) is 32.3 Å². The number of aliphatic hydroxyl groups is 1. The quantitative estimate of drug-likeness (QED) is 0.490. The van der Waals surface area contributed by atoms with Crippen LogP contribution in [0.3, 0.4) is 0 Å². The average molecular weight is 126 g/mol. The predicted octanol–water partition coefficient (Wildman–Crippen LogP) is 1.72. The molecular formula is C8H14O. The topological polar surface area (TPSA) is 20.2 Å². The first-order valence-electron chi connectivity index (χ1n) is 3.53. The lowest BCUT2D eigenvalue weighted by molar-refractivity contribution is 0.128. The Morgan fingerprint density at radius 2 is 2.22 bits per heavy atom. The Kier molecular flexibility index (Phi) is 1.91. The van der Waals surface area contributed by atoms with Crippen LogP contribution in [0, 0.1) is 5.92 Å². The van der Waals surface area contributed by atoms with Gasteiger partial charge in [0, 0.05) is 0 Å². The normalized spacial score (nSPS) is 36.9. The van der Waals surface area contributed by atoms with Crippen LogP contribution in [0.25, 0.3) is 0 Å². The van der Waals surface area contributed by atoms with Crippen LogP contribution in [-0.2, 0) is 0 Å². The van der Waals surface area contributed by atoms with Crippen molar-refractivity contribution in [1.82, 2.24) is 0 Å². The Balaban J connectivity index is 2.43. The van der Waals surface area contributed by atoms with Crippen molar-refractivity contribution < 1.29 is 5.11 Å². The highest BCUT2D eigenvalue weighted by atomic mass is 16.3. The van der Waals surface area contributed by atoms with Gasteiger partial charge in [-0.3, -0.25) is 0 Å². The van der Waals surface area contributed by atoms with Crippen molar-refractivity contribution in [3.8, 4) is 0 Å². The van der Waals surface area contributed by atoms with E-state index in [0.717, 1.165) is 19.3 Å². The van der Waals surface area contributed by atoms with Crippen LogP contribution in [-0.4, -0.2) is 11.2 Å². The van der Waals surface area contributed by atoms with Crippen molar-refractivity contribution in [3.05, 3.63) is 12.2 Å². The first-order valence-corrected chi connectivity index (χ1v) is 3.53. The zero-order valence-corrected chi connectivity index (χ0v) is 5.93. The lowest BCUT2D eigenvalue weighted by Gasteiger charge is -2.24. The summed E-state index contributed by atoms with van der Waals surface area (Å²) in [6.45, 7) is 6.02. The van der Waals surface area contributed by atoms with E-state index in [1.54, 1.807) is 0 Å².